The summed E-state index contributed by atoms with van der Waals surface area (Å²) in [5.41, 5.74) is 2.63. The quantitative estimate of drug-likeness (QED) is 0.333. The van der Waals surface area contributed by atoms with E-state index in [-0.39, 0.29) is 0 Å². The van der Waals surface area contributed by atoms with Gasteiger partial charge >= 0.3 is 0 Å². The largest absolute Gasteiger partial charge is 0.324 e. The molecule has 0 bridgehead atoms. The van der Waals surface area contributed by atoms with Crippen molar-refractivity contribution in [2.45, 2.75) is 4.90 Å². The minimum atomic E-state index is 0.422. The third-order valence-corrected chi connectivity index (χ3v) is 4.08. The molecule has 138 valence electrons. The molecule has 3 N–H and O–H groups in total. The van der Waals surface area contributed by atoms with Gasteiger partial charge in [-0.15, -0.1) is 12.6 Å². The highest BCUT2D eigenvalue weighted by molar-refractivity contribution is 7.80. The zero-order chi connectivity index (χ0) is 19.2. The topological polar surface area (TPSA) is 74.8 Å². The van der Waals surface area contributed by atoms with Gasteiger partial charge in [0.2, 0.25) is 17.8 Å². The average Bonchev–Trinajstić information content (AvgIpc) is 2.69. The molecule has 0 spiro atoms. The number of anilines is 6. The van der Waals surface area contributed by atoms with Gasteiger partial charge in [-0.3, -0.25) is 0 Å². The van der Waals surface area contributed by atoms with Gasteiger partial charge in [-0.1, -0.05) is 42.5 Å². The summed E-state index contributed by atoms with van der Waals surface area (Å²) < 4.78 is 0. The molecule has 7 heteroatoms. The van der Waals surface area contributed by atoms with Crippen LogP contribution in [0.15, 0.2) is 89.8 Å². The van der Waals surface area contributed by atoms with Crippen LogP contribution in [0.25, 0.3) is 0 Å². The Balaban J connectivity index is 1.65. The van der Waals surface area contributed by atoms with Crippen LogP contribution in [0.4, 0.5) is 34.9 Å². The first-order chi connectivity index (χ1) is 13.7. The van der Waals surface area contributed by atoms with Crippen LogP contribution in [-0.2, 0) is 0 Å². The first-order valence-corrected chi connectivity index (χ1v) is 9.16. The molecule has 6 nitrogen and oxygen atoms in total. The van der Waals surface area contributed by atoms with Crippen LogP contribution in [0.3, 0.4) is 0 Å². The molecular weight excluding hydrogens is 368 g/mol. The number of hydrogen-bond acceptors (Lipinski definition) is 7. The lowest BCUT2D eigenvalue weighted by atomic mass is 10.3. The summed E-state index contributed by atoms with van der Waals surface area (Å²) in [7, 11) is 0. The molecule has 0 aliphatic heterocycles. The molecule has 0 amide bonds. The highest BCUT2D eigenvalue weighted by Gasteiger charge is 2.08. The summed E-state index contributed by atoms with van der Waals surface area (Å²) >= 11 is 4.38. The first kappa shape index (κ1) is 17.8. The third-order valence-electron chi connectivity index (χ3n) is 3.80. The number of thiol groups is 1. The van der Waals surface area contributed by atoms with E-state index in [1.54, 1.807) is 0 Å². The summed E-state index contributed by atoms with van der Waals surface area (Å²) in [5.74, 6) is 1.29. The van der Waals surface area contributed by atoms with E-state index in [0.29, 0.717) is 17.8 Å². The minimum Gasteiger partial charge on any atom is -0.324 e. The molecule has 0 aliphatic carbocycles. The second-order valence-corrected chi connectivity index (χ2v) is 6.48. The van der Waals surface area contributed by atoms with Crippen molar-refractivity contribution >= 4 is 47.5 Å². The lowest BCUT2D eigenvalue weighted by Crippen LogP contribution is -2.07. The van der Waals surface area contributed by atoms with Crippen molar-refractivity contribution in [3.63, 3.8) is 0 Å². The normalized spacial score (nSPS) is 10.3. The Kier molecular flexibility index (Phi) is 5.35. The van der Waals surface area contributed by atoms with Gasteiger partial charge in [0.25, 0.3) is 0 Å². The highest BCUT2D eigenvalue weighted by atomic mass is 32.1. The number of hydrogen-bond donors (Lipinski definition) is 4. The lowest BCUT2D eigenvalue weighted by Gasteiger charge is -2.11. The molecule has 4 aromatic rings. The summed E-state index contributed by atoms with van der Waals surface area (Å²) in [6.07, 6.45) is 0. The maximum Gasteiger partial charge on any atom is 0.233 e. The van der Waals surface area contributed by atoms with Crippen molar-refractivity contribution in [3.8, 4) is 0 Å². The SMILES string of the molecule is Sc1cccc(Nc2nc(Nc3ccccc3)nc(Nc3ccccc3)n2)c1. The number of nitrogens with one attached hydrogen (secondary N) is 3. The van der Waals surface area contributed by atoms with E-state index in [1.807, 2.05) is 84.9 Å². The summed E-state index contributed by atoms with van der Waals surface area (Å²) in [6, 6.07) is 27.2. The van der Waals surface area contributed by atoms with E-state index in [1.165, 1.54) is 0 Å². The maximum absolute atomic E-state index is 4.49. The van der Waals surface area contributed by atoms with E-state index in [0.717, 1.165) is 22.0 Å². The molecule has 0 saturated heterocycles. The van der Waals surface area contributed by atoms with Crippen molar-refractivity contribution in [3.05, 3.63) is 84.9 Å². The second-order valence-electron chi connectivity index (χ2n) is 5.96. The molecule has 28 heavy (non-hydrogen) atoms. The molecule has 1 heterocycles. The van der Waals surface area contributed by atoms with Gasteiger partial charge in [-0.05, 0) is 42.5 Å². The molecule has 3 aromatic carbocycles. The van der Waals surface area contributed by atoms with Gasteiger partial charge in [0, 0.05) is 22.0 Å². The Morgan fingerprint density at radius 2 is 0.929 bits per heavy atom. The second kappa shape index (κ2) is 8.41. The zero-order valence-corrected chi connectivity index (χ0v) is 15.8. The van der Waals surface area contributed by atoms with Gasteiger partial charge in [0.15, 0.2) is 0 Å². The van der Waals surface area contributed by atoms with Crippen molar-refractivity contribution in [1.82, 2.24) is 15.0 Å². The van der Waals surface area contributed by atoms with Gasteiger partial charge in [-0.25, -0.2) is 0 Å². The van der Waals surface area contributed by atoms with Crippen LogP contribution in [0.1, 0.15) is 0 Å². The van der Waals surface area contributed by atoms with Crippen LogP contribution in [-0.4, -0.2) is 15.0 Å². The molecule has 1 aromatic heterocycles. The summed E-state index contributed by atoms with van der Waals surface area (Å²) in [5, 5.41) is 9.63. The monoisotopic (exact) mass is 386 g/mol. The van der Waals surface area contributed by atoms with E-state index >= 15 is 0 Å². The predicted octanol–water partition coefficient (Wildman–Crippen LogP) is 5.39. The van der Waals surface area contributed by atoms with Crippen LogP contribution in [0.2, 0.25) is 0 Å². The Bertz CT molecular complexity index is 997. The fraction of sp³-hybridized carbons (Fsp3) is 0. The molecular formula is C21H18N6S. The summed E-state index contributed by atoms with van der Waals surface area (Å²) in [6.45, 7) is 0. The van der Waals surface area contributed by atoms with Crippen molar-refractivity contribution in [2.75, 3.05) is 16.0 Å². The minimum absolute atomic E-state index is 0.422. The predicted molar refractivity (Wildman–Crippen MR) is 116 cm³/mol. The highest BCUT2D eigenvalue weighted by Crippen LogP contribution is 2.21. The van der Waals surface area contributed by atoms with Crippen LogP contribution >= 0.6 is 12.6 Å². The zero-order valence-electron chi connectivity index (χ0n) is 14.9. The Labute approximate surface area is 168 Å². The number of benzene rings is 3. The Morgan fingerprint density at radius 1 is 0.500 bits per heavy atom. The third kappa shape index (κ3) is 4.77. The number of aromatic nitrogens is 3. The van der Waals surface area contributed by atoms with E-state index in [9.17, 15) is 0 Å². The van der Waals surface area contributed by atoms with Crippen molar-refractivity contribution in [2.24, 2.45) is 0 Å². The molecule has 0 fully saturated rings. The Hall–Kier alpha value is -3.58. The van der Waals surface area contributed by atoms with E-state index < -0.39 is 0 Å². The standard InChI is InChI=1S/C21H18N6S/c28-18-13-7-12-17(14-18)24-21-26-19(22-15-8-3-1-4-9-15)25-20(27-21)23-16-10-5-2-6-11-16/h1-14,28H,(H3,22,23,24,25,26,27). The number of nitrogens with zero attached hydrogens (tertiary/aromatic N) is 3. The molecule has 0 unspecified atom stereocenters. The van der Waals surface area contributed by atoms with Gasteiger partial charge < -0.3 is 16.0 Å². The van der Waals surface area contributed by atoms with Gasteiger partial charge in [0.05, 0.1) is 0 Å². The van der Waals surface area contributed by atoms with Gasteiger partial charge in [-0.2, -0.15) is 15.0 Å². The van der Waals surface area contributed by atoms with Crippen molar-refractivity contribution < 1.29 is 0 Å². The molecule has 0 aliphatic rings. The number of para-hydroxylation sites is 2. The summed E-state index contributed by atoms with van der Waals surface area (Å²) in [4.78, 5) is 14.3. The fourth-order valence-electron chi connectivity index (χ4n) is 2.56. The maximum atomic E-state index is 4.49. The van der Waals surface area contributed by atoms with E-state index in [4.69, 9.17) is 0 Å². The lowest BCUT2D eigenvalue weighted by molar-refractivity contribution is 1.06. The average molecular weight is 386 g/mol. The molecule has 4 rings (SSSR count). The molecule has 0 saturated carbocycles. The number of rotatable bonds is 6. The van der Waals surface area contributed by atoms with Crippen LogP contribution < -0.4 is 16.0 Å². The van der Waals surface area contributed by atoms with Crippen LogP contribution in [0, 0.1) is 0 Å². The molecule has 0 atom stereocenters. The Morgan fingerprint density at radius 3 is 1.39 bits per heavy atom. The van der Waals surface area contributed by atoms with Gasteiger partial charge in [0.1, 0.15) is 0 Å². The fourth-order valence-corrected chi connectivity index (χ4v) is 2.78. The smallest absolute Gasteiger partial charge is 0.233 e. The van der Waals surface area contributed by atoms with Crippen LogP contribution in [0.5, 0.6) is 0 Å². The van der Waals surface area contributed by atoms with E-state index in [2.05, 4.69) is 43.5 Å². The molecule has 0 radical (unpaired) electrons. The first-order valence-electron chi connectivity index (χ1n) is 8.71. The van der Waals surface area contributed by atoms with Crippen molar-refractivity contribution in [1.29, 1.82) is 0 Å².